The summed E-state index contributed by atoms with van der Waals surface area (Å²) in [5, 5.41) is 0. The first-order valence-corrected chi connectivity index (χ1v) is 5.59. The molecule has 0 fully saturated rings. The first-order valence-electron chi connectivity index (χ1n) is 5.59. The Kier molecular flexibility index (Phi) is 7.59. The molecule has 0 heterocycles. The van der Waals surface area contributed by atoms with Gasteiger partial charge in [-0.15, -0.1) is 12.4 Å². The molecule has 96 valence electrons. The van der Waals surface area contributed by atoms with Crippen molar-refractivity contribution in [2.24, 2.45) is 5.73 Å². The Bertz CT molecular complexity index is 327. The van der Waals surface area contributed by atoms with E-state index in [0.717, 1.165) is 6.42 Å². The van der Waals surface area contributed by atoms with Gasteiger partial charge in [-0.3, -0.25) is 4.79 Å². The number of hydrogen-bond donors (Lipinski definition) is 1. The zero-order valence-corrected chi connectivity index (χ0v) is 11.1. The Hall–Kier alpha value is -1.06. The third kappa shape index (κ3) is 6.29. The van der Waals surface area contributed by atoms with Gasteiger partial charge in [-0.05, 0) is 32.3 Å². The SMILES string of the molecule is CC(C)OC(=O)[C@@H](N)CCc1ccccc1.Cl. The largest absolute Gasteiger partial charge is 0.462 e. The highest BCUT2D eigenvalue weighted by Crippen LogP contribution is 2.05. The number of benzene rings is 1. The molecule has 0 amide bonds. The second kappa shape index (κ2) is 8.09. The van der Waals surface area contributed by atoms with Crippen LogP contribution in [0.4, 0.5) is 0 Å². The molecule has 0 aliphatic rings. The number of aryl methyl sites for hydroxylation is 1. The van der Waals surface area contributed by atoms with E-state index in [4.69, 9.17) is 10.5 Å². The zero-order chi connectivity index (χ0) is 12.0. The van der Waals surface area contributed by atoms with E-state index in [9.17, 15) is 4.79 Å². The van der Waals surface area contributed by atoms with Gasteiger partial charge in [0.2, 0.25) is 0 Å². The Morgan fingerprint density at radius 2 is 1.88 bits per heavy atom. The second-order valence-electron chi connectivity index (χ2n) is 4.12. The number of esters is 1. The Labute approximate surface area is 109 Å². The average molecular weight is 258 g/mol. The van der Waals surface area contributed by atoms with Crippen molar-refractivity contribution in [1.82, 2.24) is 0 Å². The number of hydrogen-bond acceptors (Lipinski definition) is 3. The molecule has 0 aliphatic heterocycles. The lowest BCUT2D eigenvalue weighted by molar-refractivity contribution is -0.149. The quantitative estimate of drug-likeness (QED) is 0.824. The number of nitrogens with two attached hydrogens (primary N) is 1. The number of rotatable bonds is 5. The first kappa shape index (κ1) is 15.9. The third-order valence-electron chi connectivity index (χ3n) is 2.24. The summed E-state index contributed by atoms with van der Waals surface area (Å²) < 4.78 is 5.04. The van der Waals surface area contributed by atoms with Crippen molar-refractivity contribution in [3.05, 3.63) is 35.9 Å². The lowest BCUT2D eigenvalue weighted by atomic mass is 10.1. The maximum atomic E-state index is 11.4. The number of carbonyl (C=O) groups excluding carboxylic acids is 1. The summed E-state index contributed by atoms with van der Waals surface area (Å²) in [4.78, 5) is 11.4. The van der Waals surface area contributed by atoms with Crippen molar-refractivity contribution in [3.8, 4) is 0 Å². The summed E-state index contributed by atoms with van der Waals surface area (Å²) in [6, 6.07) is 9.46. The molecular weight excluding hydrogens is 238 g/mol. The normalized spacial score (nSPS) is 11.8. The molecule has 3 nitrogen and oxygen atoms in total. The van der Waals surface area contributed by atoms with Crippen molar-refractivity contribution in [1.29, 1.82) is 0 Å². The highest BCUT2D eigenvalue weighted by Gasteiger charge is 2.15. The van der Waals surface area contributed by atoms with Crippen LogP contribution < -0.4 is 5.73 Å². The highest BCUT2D eigenvalue weighted by molar-refractivity contribution is 5.85. The summed E-state index contributed by atoms with van der Waals surface area (Å²) in [7, 11) is 0. The minimum Gasteiger partial charge on any atom is -0.462 e. The van der Waals surface area contributed by atoms with Crippen LogP contribution in [-0.2, 0) is 16.0 Å². The molecule has 0 saturated carbocycles. The molecule has 1 atom stereocenters. The van der Waals surface area contributed by atoms with Gasteiger partial charge in [-0.2, -0.15) is 0 Å². The van der Waals surface area contributed by atoms with E-state index < -0.39 is 6.04 Å². The van der Waals surface area contributed by atoms with Crippen molar-refractivity contribution >= 4 is 18.4 Å². The summed E-state index contributed by atoms with van der Waals surface area (Å²) in [5.41, 5.74) is 6.93. The molecule has 4 heteroatoms. The predicted molar refractivity (Wildman–Crippen MR) is 71.2 cm³/mol. The van der Waals surface area contributed by atoms with E-state index in [0.29, 0.717) is 6.42 Å². The Balaban J connectivity index is 0.00000256. The lowest BCUT2D eigenvalue weighted by Gasteiger charge is -2.13. The van der Waals surface area contributed by atoms with Gasteiger partial charge in [0.25, 0.3) is 0 Å². The maximum Gasteiger partial charge on any atom is 0.323 e. The molecular formula is C13H20ClNO2. The van der Waals surface area contributed by atoms with E-state index >= 15 is 0 Å². The molecule has 2 N–H and O–H groups in total. The number of ether oxygens (including phenoxy) is 1. The van der Waals surface area contributed by atoms with Gasteiger partial charge >= 0.3 is 5.97 Å². The zero-order valence-electron chi connectivity index (χ0n) is 10.3. The molecule has 0 bridgehead atoms. The van der Waals surface area contributed by atoms with Crippen LogP contribution in [0.5, 0.6) is 0 Å². The predicted octanol–water partition coefficient (Wildman–Crippen LogP) is 2.32. The van der Waals surface area contributed by atoms with Crippen LogP contribution in [0, 0.1) is 0 Å². The Morgan fingerprint density at radius 3 is 2.41 bits per heavy atom. The molecule has 0 aliphatic carbocycles. The molecule has 0 radical (unpaired) electrons. The van der Waals surface area contributed by atoms with Crippen LogP contribution in [0.25, 0.3) is 0 Å². The molecule has 0 unspecified atom stereocenters. The second-order valence-corrected chi connectivity index (χ2v) is 4.12. The van der Waals surface area contributed by atoms with E-state index in [1.165, 1.54) is 5.56 Å². The van der Waals surface area contributed by atoms with Gasteiger partial charge in [0.05, 0.1) is 6.10 Å². The summed E-state index contributed by atoms with van der Waals surface area (Å²) in [5.74, 6) is -0.314. The number of halogens is 1. The maximum absolute atomic E-state index is 11.4. The van der Waals surface area contributed by atoms with E-state index in [1.54, 1.807) is 0 Å². The molecule has 0 aromatic heterocycles. The average Bonchev–Trinajstić information content (AvgIpc) is 2.26. The van der Waals surface area contributed by atoms with Crippen LogP contribution in [0.2, 0.25) is 0 Å². The fraction of sp³-hybridized carbons (Fsp3) is 0.462. The molecule has 17 heavy (non-hydrogen) atoms. The van der Waals surface area contributed by atoms with Crippen LogP contribution in [0.1, 0.15) is 25.8 Å². The minimum absolute atomic E-state index is 0. The monoisotopic (exact) mass is 257 g/mol. The Morgan fingerprint density at radius 1 is 1.29 bits per heavy atom. The molecule has 1 rings (SSSR count). The van der Waals surface area contributed by atoms with Gasteiger partial charge in [0.1, 0.15) is 6.04 Å². The van der Waals surface area contributed by atoms with Gasteiger partial charge in [-0.25, -0.2) is 0 Å². The molecule has 1 aromatic rings. The van der Waals surface area contributed by atoms with Crippen molar-refractivity contribution in [2.75, 3.05) is 0 Å². The van der Waals surface area contributed by atoms with Crippen LogP contribution in [-0.4, -0.2) is 18.1 Å². The lowest BCUT2D eigenvalue weighted by Crippen LogP contribution is -2.34. The van der Waals surface area contributed by atoms with Gasteiger partial charge < -0.3 is 10.5 Å². The molecule has 0 saturated heterocycles. The van der Waals surface area contributed by atoms with E-state index in [1.807, 2.05) is 44.2 Å². The van der Waals surface area contributed by atoms with E-state index in [-0.39, 0.29) is 24.5 Å². The van der Waals surface area contributed by atoms with Gasteiger partial charge in [0, 0.05) is 0 Å². The van der Waals surface area contributed by atoms with Crippen LogP contribution in [0.15, 0.2) is 30.3 Å². The van der Waals surface area contributed by atoms with Crippen molar-refractivity contribution < 1.29 is 9.53 Å². The van der Waals surface area contributed by atoms with E-state index in [2.05, 4.69) is 0 Å². The fourth-order valence-electron chi connectivity index (χ4n) is 1.40. The molecule has 0 spiro atoms. The van der Waals surface area contributed by atoms with Gasteiger partial charge in [-0.1, -0.05) is 30.3 Å². The van der Waals surface area contributed by atoms with Crippen molar-refractivity contribution in [3.63, 3.8) is 0 Å². The standard InChI is InChI=1S/C13H19NO2.ClH/c1-10(2)16-13(15)12(14)9-8-11-6-4-3-5-7-11;/h3-7,10,12H,8-9,14H2,1-2H3;1H/t12-;/m0./s1. The molecule has 1 aromatic carbocycles. The summed E-state index contributed by atoms with van der Waals surface area (Å²) in [6.07, 6.45) is 1.32. The van der Waals surface area contributed by atoms with Crippen LogP contribution in [0.3, 0.4) is 0 Å². The highest BCUT2D eigenvalue weighted by atomic mass is 35.5. The topological polar surface area (TPSA) is 52.3 Å². The van der Waals surface area contributed by atoms with Crippen molar-refractivity contribution in [2.45, 2.75) is 38.8 Å². The fourth-order valence-corrected chi connectivity index (χ4v) is 1.40. The minimum atomic E-state index is -0.525. The number of carbonyl (C=O) groups is 1. The first-order chi connectivity index (χ1) is 7.59. The van der Waals surface area contributed by atoms with Crippen LogP contribution >= 0.6 is 12.4 Å². The summed E-state index contributed by atoms with van der Waals surface area (Å²) in [6.45, 7) is 3.64. The summed E-state index contributed by atoms with van der Waals surface area (Å²) >= 11 is 0. The smallest absolute Gasteiger partial charge is 0.323 e. The van der Waals surface area contributed by atoms with Gasteiger partial charge in [0.15, 0.2) is 0 Å². The third-order valence-corrected chi connectivity index (χ3v) is 2.24.